The summed E-state index contributed by atoms with van der Waals surface area (Å²) in [6, 6.07) is 6.11. The summed E-state index contributed by atoms with van der Waals surface area (Å²) < 4.78 is 32.3. The first kappa shape index (κ1) is 22.5. The minimum atomic E-state index is -3.64. The summed E-state index contributed by atoms with van der Waals surface area (Å²) in [5, 5.41) is 6.79. The van der Waals surface area contributed by atoms with E-state index >= 15 is 0 Å². The van der Waals surface area contributed by atoms with Gasteiger partial charge < -0.3 is 9.84 Å². The minimum absolute atomic E-state index is 0.0669. The highest BCUT2D eigenvalue weighted by atomic mass is 32.2. The lowest BCUT2D eigenvalue weighted by atomic mass is 10.0. The predicted molar refractivity (Wildman–Crippen MR) is 114 cm³/mol. The van der Waals surface area contributed by atoms with Crippen LogP contribution in [0.3, 0.4) is 0 Å². The van der Waals surface area contributed by atoms with Crippen LogP contribution in [0.1, 0.15) is 41.1 Å². The molecule has 0 saturated carbocycles. The first-order chi connectivity index (χ1) is 14.1. The van der Waals surface area contributed by atoms with Crippen molar-refractivity contribution in [1.82, 2.24) is 19.7 Å². The molecule has 9 heteroatoms. The van der Waals surface area contributed by atoms with Gasteiger partial charge >= 0.3 is 0 Å². The van der Waals surface area contributed by atoms with Gasteiger partial charge in [-0.1, -0.05) is 23.4 Å². The Labute approximate surface area is 178 Å². The zero-order valence-corrected chi connectivity index (χ0v) is 19.0. The maximum absolute atomic E-state index is 12.9. The summed E-state index contributed by atoms with van der Waals surface area (Å²) in [6.45, 7) is 11.2. The Hall–Kier alpha value is -2.23. The summed E-state index contributed by atoms with van der Waals surface area (Å²) in [7, 11) is -3.64. The Bertz CT molecular complexity index is 1000. The molecule has 1 aromatic carbocycles. The van der Waals surface area contributed by atoms with Crippen LogP contribution in [0.15, 0.2) is 27.6 Å². The molecule has 164 valence electrons. The maximum atomic E-state index is 12.9. The lowest BCUT2D eigenvalue weighted by Gasteiger charge is -2.33. The molecule has 1 aromatic heterocycles. The molecule has 1 atom stereocenters. The fourth-order valence-electron chi connectivity index (χ4n) is 3.71. The van der Waals surface area contributed by atoms with Crippen molar-refractivity contribution in [3.8, 4) is 0 Å². The van der Waals surface area contributed by atoms with Crippen LogP contribution in [0.25, 0.3) is 0 Å². The van der Waals surface area contributed by atoms with Crippen molar-refractivity contribution >= 4 is 15.9 Å². The summed E-state index contributed by atoms with van der Waals surface area (Å²) >= 11 is 0. The van der Waals surface area contributed by atoms with E-state index in [1.807, 2.05) is 17.9 Å². The zero-order chi connectivity index (χ0) is 22.1. The molecule has 1 amide bonds. The summed E-state index contributed by atoms with van der Waals surface area (Å²) in [6.07, 6.45) is 0. The average molecular weight is 435 g/mol. The van der Waals surface area contributed by atoms with E-state index in [4.69, 9.17) is 4.52 Å². The molecule has 1 aliphatic rings. The lowest BCUT2D eigenvalue weighted by molar-refractivity contribution is -0.123. The van der Waals surface area contributed by atoms with Gasteiger partial charge in [0.15, 0.2) is 5.76 Å². The first-order valence-corrected chi connectivity index (χ1v) is 11.6. The number of piperazine rings is 1. The number of carbonyl (C=O) groups excluding carboxylic acids is 1. The molecular formula is C21H30N4O4S. The third kappa shape index (κ3) is 4.74. The van der Waals surface area contributed by atoms with Crippen LogP contribution in [0.2, 0.25) is 0 Å². The second-order valence-electron chi connectivity index (χ2n) is 7.97. The van der Waals surface area contributed by atoms with E-state index in [0.29, 0.717) is 37.6 Å². The smallest absolute Gasteiger partial charge is 0.248 e. The lowest BCUT2D eigenvalue weighted by Crippen LogP contribution is -2.51. The topological polar surface area (TPSA) is 95.8 Å². The largest absolute Gasteiger partial charge is 0.360 e. The van der Waals surface area contributed by atoms with Gasteiger partial charge in [-0.15, -0.1) is 0 Å². The third-order valence-corrected chi connectivity index (χ3v) is 7.82. The first-order valence-electron chi connectivity index (χ1n) is 10.1. The number of sulfonamides is 1. The SMILES string of the molecule is Cc1ccc([C@H](C)NC(=O)CN2CCN(S(=O)(=O)c3c(C)noc3C)CC2)cc1C. The van der Waals surface area contributed by atoms with Crippen molar-refractivity contribution < 1.29 is 17.7 Å². The number of benzene rings is 1. The number of nitrogens with zero attached hydrogens (tertiary/aromatic N) is 3. The molecular weight excluding hydrogens is 404 g/mol. The molecule has 2 aromatic rings. The molecule has 1 aliphatic heterocycles. The minimum Gasteiger partial charge on any atom is -0.360 e. The van der Waals surface area contributed by atoms with Crippen LogP contribution in [0.5, 0.6) is 0 Å². The summed E-state index contributed by atoms with van der Waals surface area (Å²) in [5.74, 6) is 0.234. The number of hydrogen-bond donors (Lipinski definition) is 1. The van der Waals surface area contributed by atoms with Crippen LogP contribution < -0.4 is 5.32 Å². The van der Waals surface area contributed by atoms with Gasteiger partial charge in [-0.3, -0.25) is 9.69 Å². The van der Waals surface area contributed by atoms with Crippen molar-refractivity contribution in [3.63, 3.8) is 0 Å². The van der Waals surface area contributed by atoms with Gasteiger partial charge in [-0.25, -0.2) is 8.42 Å². The highest BCUT2D eigenvalue weighted by molar-refractivity contribution is 7.89. The quantitative estimate of drug-likeness (QED) is 0.748. The fraction of sp³-hybridized carbons (Fsp3) is 0.524. The molecule has 1 fully saturated rings. The molecule has 0 spiro atoms. The van der Waals surface area contributed by atoms with Crippen LogP contribution in [0.4, 0.5) is 0 Å². The molecule has 0 unspecified atom stereocenters. The maximum Gasteiger partial charge on any atom is 0.248 e. The van der Waals surface area contributed by atoms with Gasteiger partial charge in [0.2, 0.25) is 15.9 Å². The van der Waals surface area contributed by atoms with E-state index in [9.17, 15) is 13.2 Å². The molecule has 2 heterocycles. The Morgan fingerprint density at radius 1 is 1.13 bits per heavy atom. The van der Waals surface area contributed by atoms with Crippen molar-refractivity contribution in [1.29, 1.82) is 0 Å². The van der Waals surface area contributed by atoms with Crippen LogP contribution in [-0.4, -0.2) is 61.4 Å². The number of rotatable bonds is 6. The standard InChI is InChI=1S/C21H30N4O4S/c1-14-6-7-19(12-15(14)2)16(3)22-20(26)13-24-8-10-25(11-9-24)30(27,28)21-17(4)23-29-18(21)5/h6-7,12,16H,8-11,13H2,1-5H3,(H,22,26)/t16-/m0/s1. The second kappa shape index (κ2) is 8.87. The van der Waals surface area contributed by atoms with Gasteiger partial charge in [0.05, 0.1) is 12.6 Å². The highest BCUT2D eigenvalue weighted by Crippen LogP contribution is 2.24. The van der Waals surface area contributed by atoms with Crippen molar-refractivity contribution in [2.24, 2.45) is 0 Å². The van der Waals surface area contributed by atoms with E-state index in [1.54, 1.807) is 13.8 Å². The molecule has 1 N–H and O–H groups in total. The molecule has 3 rings (SSSR count). The van der Waals surface area contributed by atoms with E-state index in [-0.39, 0.29) is 23.4 Å². The molecule has 0 radical (unpaired) electrons. The number of aryl methyl sites for hydroxylation is 4. The van der Waals surface area contributed by atoms with Gasteiger partial charge in [-0.05, 0) is 51.3 Å². The Kier molecular flexibility index (Phi) is 6.64. The number of carbonyl (C=O) groups is 1. The monoisotopic (exact) mass is 434 g/mol. The Balaban J connectivity index is 1.54. The number of amides is 1. The Morgan fingerprint density at radius 2 is 1.80 bits per heavy atom. The van der Waals surface area contributed by atoms with Crippen molar-refractivity contribution in [3.05, 3.63) is 46.3 Å². The molecule has 1 saturated heterocycles. The molecule has 0 bridgehead atoms. The van der Waals surface area contributed by atoms with Gasteiger partial charge in [0.25, 0.3) is 0 Å². The highest BCUT2D eigenvalue weighted by Gasteiger charge is 2.33. The van der Waals surface area contributed by atoms with Gasteiger partial charge in [-0.2, -0.15) is 4.31 Å². The van der Waals surface area contributed by atoms with Crippen LogP contribution in [-0.2, 0) is 14.8 Å². The van der Waals surface area contributed by atoms with Crippen LogP contribution >= 0.6 is 0 Å². The van der Waals surface area contributed by atoms with E-state index in [2.05, 4.69) is 36.5 Å². The van der Waals surface area contributed by atoms with E-state index in [1.165, 1.54) is 15.4 Å². The fourth-order valence-corrected chi connectivity index (χ4v) is 5.42. The summed E-state index contributed by atoms with van der Waals surface area (Å²) in [5.41, 5.74) is 3.86. The van der Waals surface area contributed by atoms with E-state index < -0.39 is 10.0 Å². The Morgan fingerprint density at radius 3 is 2.37 bits per heavy atom. The van der Waals surface area contributed by atoms with Crippen molar-refractivity contribution in [2.75, 3.05) is 32.7 Å². The zero-order valence-electron chi connectivity index (χ0n) is 18.2. The third-order valence-electron chi connectivity index (χ3n) is 5.67. The number of aromatic nitrogens is 1. The average Bonchev–Trinajstić information content (AvgIpc) is 3.03. The predicted octanol–water partition coefficient (Wildman–Crippen LogP) is 2.09. The second-order valence-corrected chi connectivity index (χ2v) is 9.84. The van der Waals surface area contributed by atoms with E-state index in [0.717, 1.165) is 5.56 Å². The molecule has 0 aliphatic carbocycles. The molecule has 30 heavy (non-hydrogen) atoms. The van der Waals surface area contributed by atoms with Crippen LogP contribution in [0, 0.1) is 27.7 Å². The number of nitrogens with one attached hydrogen (secondary N) is 1. The normalized spacial score (nSPS) is 17.1. The number of hydrogen-bond acceptors (Lipinski definition) is 6. The molecule has 8 nitrogen and oxygen atoms in total. The van der Waals surface area contributed by atoms with Gasteiger partial charge in [0.1, 0.15) is 10.6 Å². The summed E-state index contributed by atoms with van der Waals surface area (Å²) in [4.78, 5) is 14.6. The van der Waals surface area contributed by atoms with Gasteiger partial charge in [0, 0.05) is 26.2 Å². The van der Waals surface area contributed by atoms with Crippen molar-refractivity contribution in [2.45, 2.75) is 45.6 Å².